The van der Waals surface area contributed by atoms with E-state index in [0.717, 1.165) is 19.6 Å². The molecule has 1 aromatic heterocycles. The van der Waals surface area contributed by atoms with Gasteiger partial charge in [-0.05, 0) is 12.5 Å². The average molecular weight is 285 g/mol. The minimum Gasteiger partial charge on any atom is -0.324 e. The Bertz CT molecular complexity index is 482. The molecule has 5 nitrogen and oxygen atoms in total. The van der Waals surface area contributed by atoms with Gasteiger partial charge in [0.05, 0.1) is 31.9 Å². The number of hydrogen-bond donors (Lipinski definition) is 1. The van der Waals surface area contributed by atoms with Crippen molar-refractivity contribution in [2.75, 3.05) is 31.9 Å². The van der Waals surface area contributed by atoms with E-state index in [1.807, 2.05) is 25.3 Å². The number of nitrogens with zero attached hydrogens (tertiary/aromatic N) is 1. The van der Waals surface area contributed by atoms with Crippen molar-refractivity contribution in [3.05, 3.63) is 30.1 Å². The summed E-state index contributed by atoms with van der Waals surface area (Å²) in [7, 11) is -3.02. The molecule has 1 aromatic rings. The fourth-order valence-electron chi connectivity index (χ4n) is 2.45. The Balaban J connectivity index is 1.86. The van der Waals surface area contributed by atoms with Crippen LogP contribution in [0.15, 0.2) is 24.4 Å². The molecule has 0 bridgehead atoms. The molecule has 2 rings (SSSR count). The quantitative estimate of drug-likeness (QED) is 0.750. The topological polar surface area (TPSA) is 56.0 Å². The summed E-state index contributed by atoms with van der Waals surface area (Å²) in [4.78, 5) is 4.66. The van der Waals surface area contributed by atoms with Crippen LogP contribution in [-0.2, 0) is 16.6 Å². The lowest BCUT2D eigenvalue weighted by atomic mass is 10.3. The fraction of sp³-hybridized carbons (Fsp3) is 0.615. The molecule has 1 saturated heterocycles. The summed E-state index contributed by atoms with van der Waals surface area (Å²) >= 11 is 0. The van der Waals surface area contributed by atoms with Crippen LogP contribution in [0.2, 0.25) is 0 Å². The van der Waals surface area contributed by atoms with Crippen molar-refractivity contribution in [3.8, 4) is 0 Å². The smallest absolute Gasteiger partial charge is 0.234 e. The van der Waals surface area contributed by atoms with E-state index in [1.165, 1.54) is 10.6 Å². The first-order valence-corrected chi connectivity index (χ1v) is 8.49. The number of hydrogen-bond acceptors (Lipinski definition) is 2. The number of piperazine rings is 1. The molecule has 1 aliphatic rings. The van der Waals surface area contributed by atoms with Gasteiger partial charge in [0.15, 0.2) is 12.7 Å². The standard InChI is InChI=1S/C13H21N3O2S/c1-2-11-19(17,18)16-9-7-15(8-10-16)12-13-5-3-4-6-14-13/h3-6H,2,7-12H2,1H3/p+2. The van der Waals surface area contributed by atoms with Crippen LogP contribution in [0.3, 0.4) is 0 Å². The molecule has 0 aromatic carbocycles. The highest BCUT2D eigenvalue weighted by atomic mass is 32.2. The predicted molar refractivity (Wildman–Crippen MR) is 73.0 cm³/mol. The van der Waals surface area contributed by atoms with E-state index in [2.05, 4.69) is 11.1 Å². The van der Waals surface area contributed by atoms with Crippen molar-refractivity contribution in [1.29, 1.82) is 0 Å². The molecule has 0 amide bonds. The van der Waals surface area contributed by atoms with E-state index in [4.69, 9.17) is 0 Å². The second-order valence-electron chi connectivity index (χ2n) is 5.03. The fourth-order valence-corrected chi connectivity index (χ4v) is 3.97. The molecule has 0 spiro atoms. The molecule has 19 heavy (non-hydrogen) atoms. The molecule has 0 aliphatic carbocycles. The number of H-pyrrole nitrogens is 1. The second-order valence-corrected chi connectivity index (χ2v) is 7.12. The van der Waals surface area contributed by atoms with Gasteiger partial charge in [-0.15, -0.1) is 0 Å². The summed E-state index contributed by atoms with van der Waals surface area (Å²) in [5.41, 5.74) is 1.20. The molecule has 2 heterocycles. The number of pyridine rings is 1. The molecule has 1 aliphatic heterocycles. The molecule has 106 valence electrons. The third-order valence-corrected chi connectivity index (χ3v) is 5.58. The highest BCUT2D eigenvalue weighted by molar-refractivity contribution is 7.89. The van der Waals surface area contributed by atoms with Crippen LogP contribution in [0.25, 0.3) is 0 Å². The van der Waals surface area contributed by atoms with E-state index >= 15 is 0 Å². The van der Waals surface area contributed by atoms with E-state index in [0.29, 0.717) is 19.5 Å². The zero-order chi connectivity index (χ0) is 13.7. The van der Waals surface area contributed by atoms with Crippen LogP contribution in [0.4, 0.5) is 0 Å². The number of sulfonamides is 1. The zero-order valence-electron chi connectivity index (χ0n) is 11.4. The number of aromatic nitrogens is 1. The number of nitrogens with one attached hydrogen (secondary N) is 2. The molecule has 0 radical (unpaired) electrons. The van der Waals surface area contributed by atoms with Crippen molar-refractivity contribution < 1.29 is 18.3 Å². The van der Waals surface area contributed by atoms with Gasteiger partial charge >= 0.3 is 0 Å². The highest BCUT2D eigenvalue weighted by Gasteiger charge is 2.28. The largest absolute Gasteiger partial charge is 0.324 e. The summed E-state index contributed by atoms with van der Waals surface area (Å²) in [5, 5.41) is 0. The van der Waals surface area contributed by atoms with Crippen molar-refractivity contribution in [3.63, 3.8) is 0 Å². The predicted octanol–water partition coefficient (Wildman–Crippen LogP) is -1.06. The maximum Gasteiger partial charge on any atom is 0.234 e. The van der Waals surface area contributed by atoms with Crippen LogP contribution < -0.4 is 9.88 Å². The maximum absolute atomic E-state index is 12.0. The molecule has 0 atom stereocenters. The van der Waals surface area contributed by atoms with Crippen LogP contribution in [0.1, 0.15) is 19.0 Å². The van der Waals surface area contributed by atoms with Crippen LogP contribution in [0.5, 0.6) is 0 Å². The molecule has 6 heteroatoms. The van der Waals surface area contributed by atoms with Gasteiger partial charge in [-0.2, -0.15) is 4.31 Å². The number of quaternary nitrogens is 1. The van der Waals surface area contributed by atoms with Gasteiger partial charge in [0.2, 0.25) is 15.7 Å². The highest BCUT2D eigenvalue weighted by Crippen LogP contribution is 2.03. The minimum absolute atomic E-state index is 0.273. The van der Waals surface area contributed by atoms with Crippen molar-refractivity contribution in [2.24, 2.45) is 0 Å². The van der Waals surface area contributed by atoms with Gasteiger partial charge in [0, 0.05) is 12.1 Å². The Labute approximate surface area is 115 Å². The lowest BCUT2D eigenvalue weighted by molar-refractivity contribution is -0.921. The van der Waals surface area contributed by atoms with Gasteiger partial charge in [-0.1, -0.05) is 6.92 Å². The summed E-state index contributed by atoms with van der Waals surface area (Å²) in [6.45, 7) is 5.89. The van der Waals surface area contributed by atoms with Gasteiger partial charge in [-0.25, -0.2) is 13.4 Å². The molecule has 0 saturated carbocycles. The monoisotopic (exact) mass is 285 g/mol. The van der Waals surface area contributed by atoms with Crippen LogP contribution in [0, 0.1) is 0 Å². The van der Waals surface area contributed by atoms with Gasteiger partial charge in [0.25, 0.3) is 0 Å². The third-order valence-electron chi connectivity index (χ3n) is 3.50. The Morgan fingerprint density at radius 3 is 2.63 bits per heavy atom. The average Bonchev–Trinajstić information content (AvgIpc) is 2.40. The third kappa shape index (κ3) is 3.99. The van der Waals surface area contributed by atoms with E-state index in [1.54, 1.807) is 4.31 Å². The normalized spacial score (nSPS) is 18.6. The Morgan fingerprint density at radius 1 is 1.32 bits per heavy atom. The first kappa shape index (κ1) is 14.4. The first-order chi connectivity index (χ1) is 9.12. The maximum atomic E-state index is 12.0. The lowest BCUT2D eigenvalue weighted by Crippen LogP contribution is -3.13. The lowest BCUT2D eigenvalue weighted by Gasteiger charge is -2.30. The second kappa shape index (κ2) is 6.45. The number of rotatable bonds is 5. The molecule has 1 fully saturated rings. The summed E-state index contributed by atoms with van der Waals surface area (Å²) in [6.07, 6.45) is 2.62. The van der Waals surface area contributed by atoms with Crippen LogP contribution >= 0.6 is 0 Å². The van der Waals surface area contributed by atoms with Crippen molar-refractivity contribution in [1.82, 2.24) is 4.31 Å². The molecular weight excluding hydrogens is 262 g/mol. The van der Waals surface area contributed by atoms with E-state index < -0.39 is 10.0 Å². The van der Waals surface area contributed by atoms with E-state index in [9.17, 15) is 8.42 Å². The SMILES string of the molecule is CCCS(=O)(=O)N1CC[NH+](Cc2cccc[nH+]2)CC1. The Kier molecular flexibility index (Phi) is 4.90. The minimum atomic E-state index is -3.02. The molecule has 2 N–H and O–H groups in total. The van der Waals surface area contributed by atoms with E-state index in [-0.39, 0.29) is 5.75 Å². The first-order valence-electron chi connectivity index (χ1n) is 6.89. The van der Waals surface area contributed by atoms with Crippen molar-refractivity contribution >= 4 is 10.0 Å². The molecule has 0 unspecified atom stereocenters. The summed E-state index contributed by atoms with van der Waals surface area (Å²) < 4.78 is 25.6. The summed E-state index contributed by atoms with van der Waals surface area (Å²) in [5.74, 6) is 0.273. The van der Waals surface area contributed by atoms with Gasteiger partial charge in [-0.3, -0.25) is 0 Å². The molecular formula is C13H23N3O2S+2. The Hall–Kier alpha value is -0.980. The van der Waals surface area contributed by atoms with Gasteiger partial charge < -0.3 is 4.90 Å². The summed E-state index contributed by atoms with van der Waals surface area (Å²) in [6, 6.07) is 6.06. The van der Waals surface area contributed by atoms with Gasteiger partial charge in [0.1, 0.15) is 0 Å². The Morgan fingerprint density at radius 2 is 2.05 bits per heavy atom. The van der Waals surface area contributed by atoms with Crippen molar-refractivity contribution in [2.45, 2.75) is 19.9 Å². The zero-order valence-corrected chi connectivity index (χ0v) is 12.2. The van der Waals surface area contributed by atoms with Crippen LogP contribution in [-0.4, -0.2) is 44.7 Å². The number of aromatic amines is 1.